The van der Waals surface area contributed by atoms with E-state index in [0.29, 0.717) is 25.0 Å². The molecule has 0 aromatic heterocycles. The molecule has 6 heteroatoms. The van der Waals surface area contributed by atoms with Crippen LogP contribution in [0.25, 0.3) is 0 Å². The smallest absolute Gasteiger partial charge is 0.231 e. The van der Waals surface area contributed by atoms with Gasteiger partial charge in [-0.05, 0) is 55.1 Å². The summed E-state index contributed by atoms with van der Waals surface area (Å²) in [5.74, 6) is 1.58. The minimum Gasteiger partial charge on any atom is -0.454 e. The molecular formula is C19H23N3O2S. The Morgan fingerprint density at radius 3 is 2.24 bits per heavy atom. The molecule has 0 fully saturated rings. The van der Waals surface area contributed by atoms with E-state index in [1.807, 2.05) is 18.2 Å². The van der Waals surface area contributed by atoms with Crippen LogP contribution in [0.2, 0.25) is 0 Å². The normalized spacial score (nSPS) is 12.3. The molecular weight excluding hydrogens is 334 g/mol. The Morgan fingerprint density at radius 1 is 0.920 bits per heavy atom. The SMILES string of the molecule is CN(C)Cc1ccc(CNC(=S)NCc2ccc3c(c2)OCO3)cc1. The maximum Gasteiger partial charge on any atom is 0.231 e. The summed E-state index contributed by atoms with van der Waals surface area (Å²) < 4.78 is 10.7. The van der Waals surface area contributed by atoms with Crippen LogP contribution in [0.15, 0.2) is 42.5 Å². The van der Waals surface area contributed by atoms with Crippen LogP contribution in [0, 0.1) is 0 Å². The second kappa shape index (κ2) is 8.18. The van der Waals surface area contributed by atoms with Gasteiger partial charge in [-0.15, -0.1) is 0 Å². The van der Waals surface area contributed by atoms with Gasteiger partial charge in [-0.25, -0.2) is 0 Å². The first-order chi connectivity index (χ1) is 12.1. The second-order valence-corrected chi connectivity index (χ2v) is 6.69. The molecule has 1 heterocycles. The zero-order valence-electron chi connectivity index (χ0n) is 14.5. The summed E-state index contributed by atoms with van der Waals surface area (Å²) in [6.07, 6.45) is 0. The summed E-state index contributed by atoms with van der Waals surface area (Å²) >= 11 is 5.35. The Bertz CT molecular complexity index is 732. The van der Waals surface area contributed by atoms with Crippen molar-refractivity contribution in [2.75, 3.05) is 20.9 Å². The Balaban J connectivity index is 1.43. The highest BCUT2D eigenvalue weighted by atomic mass is 32.1. The Hall–Kier alpha value is -2.31. The van der Waals surface area contributed by atoms with Gasteiger partial charge in [0.2, 0.25) is 6.79 Å². The Labute approximate surface area is 153 Å². The fourth-order valence-corrected chi connectivity index (χ4v) is 2.75. The van der Waals surface area contributed by atoms with Crippen LogP contribution in [-0.2, 0) is 19.6 Å². The molecule has 0 aliphatic carbocycles. The maximum absolute atomic E-state index is 5.38. The molecule has 132 valence electrons. The third-order valence-corrected chi connectivity index (χ3v) is 4.15. The van der Waals surface area contributed by atoms with E-state index in [1.165, 1.54) is 11.1 Å². The highest BCUT2D eigenvalue weighted by Crippen LogP contribution is 2.32. The van der Waals surface area contributed by atoms with E-state index in [1.54, 1.807) is 0 Å². The highest BCUT2D eigenvalue weighted by Gasteiger charge is 2.13. The molecule has 25 heavy (non-hydrogen) atoms. The molecule has 5 nitrogen and oxygen atoms in total. The molecule has 2 N–H and O–H groups in total. The molecule has 0 saturated heterocycles. The van der Waals surface area contributed by atoms with E-state index in [-0.39, 0.29) is 0 Å². The van der Waals surface area contributed by atoms with Gasteiger partial charge in [0.25, 0.3) is 0 Å². The van der Waals surface area contributed by atoms with Crippen LogP contribution in [-0.4, -0.2) is 30.9 Å². The number of ether oxygens (including phenoxy) is 2. The first-order valence-electron chi connectivity index (χ1n) is 8.23. The van der Waals surface area contributed by atoms with E-state index in [9.17, 15) is 0 Å². The van der Waals surface area contributed by atoms with Crippen molar-refractivity contribution < 1.29 is 9.47 Å². The molecule has 0 amide bonds. The average molecular weight is 357 g/mol. The molecule has 3 rings (SSSR count). The average Bonchev–Trinajstić information content (AvgIpc) is 3.06. The van der Waals surface area contributed by atoms with Crippen LogP contribution >= 0.6 is 12.2 Å². The number of hydrogen-bond acceptors (Lipinski definition) is 4. The lowest BCUT2D eigenvalue weighted by Gasteiger charge is -2.12. The summed E-state index contributed by atoms with van der Waals surface area (Å²) in [6, 6.07) is 14.5. The van der Waals surface area contributed by atoms with E-state index >= 15 is 0 Å². The third-order valence-electron chi connectivity index (χ3n) is 3.86. The van der Waals surface area contributed by atoms with Crippen molar-refractivity contribution in [1.82, 2.24) is 15.5 Å². The molecule has 0 bridgehead atoms. The number of nitrogens with one attached hydrogen (secondary N) is 2. The van der Waals surface area contributed by atoms with Crippen LogP contribution in [0.1, 0.15) is 16.7 Å². The van der Waals surface area contributed by atoms with E-state index in [0.717, 1.165) is 23.6 Å². The number of hydrogen-bond donors (Lipinski definition) is 2. The van der Waals surface area contributed by atoms with Crippen molar-refractivity contribution in [1.29, 1.82) is 0 Å². The van der Waals surface area contributed by atoms with Crippen molar-refractivity contribution >= 4 is 17.3 Å². The molecule has 0 atom stereocenters. The van der Waals surface area contributed by atoms with Gasteiger partial charge in [-0.2, -0.15) is 0 Å². The second-order valence-electron chi connectivity index (χ2n) is 6.28. The largest absolute Gasteiger partial charge is 0.454 e. The maximum atomic E-state index is 5.38. The van der Waals surface area contributed by atoms with Crippen molar-refractivity contribution in [2.24, 2.45) is 0 Å². The topological polar surface area (TPSA) is 45.8 Å². The Morgan fingerprint density at radius 2 is 1.52 bits per heavy atom. The van der Waals surface area contributed by atoms with Gasteiger partial charge < -0.3 is 25.0 Å². The number of fused-ring (bicyclic) bond motifs is 1. The fourth-order valence-electron chi connectivity index (χ4n) is 2.61. The summed E-state index contributed by atoms with van der Waals surface area (Å²) in [4.78, 5) is 2.16. The summed E-state index contributed by atoms with van der Waals surface area (Å²) in [5, 5.41) is 7.09. The lowest BCUT2D eigenvalue weighted by Crippen LogP contribution is -2.34. The third kappa shape index (κ3) is 5.08. The van der Waals surface area contributed by atoms with Gasteiger partial charge in [0.15, 0.2) is 16.6 Å². The van der Waals surface area contributed by atoms with Gasteiger partial charge in [0.05, 0.1) is 0 Å². The van der Waals surface area contributed by atoms with Gasteiger partial charge in [0.1, 0.15) is 0 Å². The quantitative estimate of drug-likeness (QED) is 0.775. The predicted octanol–water partition coefficient (Wildman–Crippen LogP) is 2.64. The van der Waals surface area contributed by atoms with Gasteiger partial charge in [0, 0.05) is 19.6 Å². The van der Waals surface area contributed by atoms with E-state index < -0.39 is 0 Å². The fraction of sp³-hybridized carbons (Fsp3) is 0.316. The lowest BCUT2D eigenvalue weighted by molar-refractivity contribution is 0.174. The number of thiocarbonyl (C=S) groups is 1. The minimum absolute atomic E-state index is 0.291. The van der Waals surface area contributed by atoms with Crippen molar-refractivity contribution in [2.45, 2.75) is 19.6 Å². The van der Waals surface area contributed by atoms with E-state index in [4.69, 9.17) is 21.7 Å². The van der Waals surface area contributed by atoms with Gasteiger partial charge >= 0.3 is 0 Å². The zero-order valence-corrected chi connectivity index (χ0v) is 15.4. The molecule has 2 aromatic rings. The van der Waals surface area contributed by atoms with E-state index in [2.05, 4.69) is 53.9 Å². The van der Waals surface area contributed by atoms with Crippen molar-refractivity contribution in [3.05, 3.63) is 59.2 Å². The molecule has 0 saturated carbocycles. The number of rotatable bonds is 6. The Kier molecular flexibility index (Phi) is 5.73. The minimum atomic E-state index is 0.291. The number of nitrogens with zero attached hydrogens (tertiary/aromatic N) is 1. The number of benzene rings is 2. The van der Waals surface area contributed by atoms with Gasteiger partial charge in [-0.1, -0.05) is 30.3 Å². The lowest BCUT2D eigenvalue weighted by atomic mass is 10.1. The van der Waals surface area contributed by atoms with Crippen LogP contribution in [0.4, 0.5) is 0 Å². The molecule has 1 aliphatic rings. The van der Waals surface area contributed by atoms with Crippen molar-refractivity contribution in [3.8, 4) is 11.5 Å². The predicted molar refractivity (Wildman–Crippen MR) is 103 cm³/mol. The first kappa shape index (κ1) is 17.5. The van der Waals surface area contributed by atoms with Crippen LogP contribution in [0.3, 0.4) is 0 Å². The van der Waals surface area contributed by atoms with Crippen LogP contribution in [0.5, 0.6) is 11.5 Å². The van der Waals surface area contributed by atoms with Crippen LogP contribution < -0.4 is 20.1 Å². The van der Waals surface area contributed by atoms with Gasteiger partial charge in [-0.3, -0.25) is 0 Å². The molecule has 0 spiro atoms. The summed E-state index contributed by atoms with van der Waals surface area (Å²) in [6.45, 7) is 2.59. The standard InChI is InChI=1S/C19H23N3O2S/c1-22(2)12-15-5-3-14(4-6-15)10-20-19(25)21-11-16-7-8-17-18(9-16)24-13-23-17/h3-9H,10-13H2,1-2H3,(H2,20,21,25). The molecule has 1 aliphatic heterocycles. The molecule has 2 aromatic carbocycles. The molecule has 0 radical (unpaired) electrons. The summed E-state index contributed by atoms with van der Waals surface area (Å²) in [7, 11) is 4.14. The monoisotopic (exact) mass is 357 g/mol. The highest BCUT2D eigenvalue weighted by molar-refractivity contribution is 7.80. The van der Waals surface area contributed by atoms with Crippen molar-refractivity contribution in [3.63, 3.8) is 0 Å². The molecule has 0 unspecified atom stereocenters. The zero-order chi connectivity index (χ0) is 17.6. The first-order valence-corrected chi connectivity index (χ1v) is 8.64. The summed E-state index contributed by atoms with van der Waals surface area (Å²) in [5.41, 5.74) is 3.61.